The van der Waals surface area contributed by atoms with Gasteiger partial charge in [-0.3, -0.25) is 9.59 Å². The molecule has 0 saturated carbocycles. The van der Waals surface area contributed by atoms with E-state index >= 15 is 0 Å². The highest BCUT2D eigenvalue weighted by Gasteiger charge is 2.46. The molecule has 1 unspecified atom stereocenters. The van der Waals surface area contributed by atoms with Gasteiger partial charge in [0, 0.05) is 18.0 Å². The van der Waals surface area contributed by atoms with E-state index in [2.05, 4.69) is 0 Å². The Hall–Kier alpha value is -2.84. The fourth-order valence-corrected chi connectivity index (χ4v) is 4.40. The zero-order valence-electron chi connectivity index (χ0n) is 18.1. The van der Waals surface area contributed by atoms with Crippen LogP contribution in [0.5, 0.6) is 11.5 Å². The molecule has 1 aliphatic rings. The van der Waals surface area contributed by atoms with Crippen LogP contribution in [0.25, 0.3) is 5.76 Å². The number of carbonyl (C=O) groups excluding carboxylic acids is 2. The van der Waals surface area contributed by atoms with Gasteiger partial charge in [0.2, 0.25) is 0 Å². The quantitative estimate of drug-likeness (QED) is 0.272. The number of carbonyl (C=O) groups is 2. The molecule has 1 fully saturated rings. The zero-order valence-corrected chi connectivity index (χ0v) is 18.9. The highest BCUT2D eigenvalue weighted by atomic mass is 32.1. The molecule has 7 nitrogen and oxygen atoms in total. The molecule has 8 heteroatoms. The molecule has 0 aliphatic carbocycles. The molecule has 0 spiro atoms. The zero-order chi connectivity index (χ0) is 22.5. The number of Topliss-reactive ketones (excluding diaryl/α,β-unsaturated/α-hetero) is 1. The fourth-order valence-electron chi connectivity index (χ4n) is 3.55. The standard InChI is InChI=1S/C23H27NO6S/c1-14(2)30-11-6-10-24-20(18-7-5-12-31-18)19(22(26)23(24)27)21(25)16-13-15(28-3)8-9-17(16)29-4/h5,7-9,12-14,20,25H,6,10-11H2,1-4H3/b21-19-. The van der Waals surface area contributed by atoms with Crippen molar-refractivity contribution in [2.24, 2.45) is 0 Å². The van der Waals surface area contributed by atoms with Crippen molar-refractivity contribution in [3.8, 4) is 11.5 Å². The van der Waals surface area contributed by atoms with Crippen LogP contribution in [0.3, 0.4) is 0 Å². The average Bonchev–Trinajstić information content (AvgIpc) is 3.37. The van der Waals surface area contributed by atoms with Crippen LogP contribution in [0, 0.1) is 0 Å². The van der Waals surface area contributed by atoms with Gasteiger partial charge in [-0.1, -0.05) is 6.07 Å². The van der Waals surface area contributed by atoms with E-state index in [1.165, 1.54) is 30.5 Å². The molecule has 0 bridgehead atoms. The Morgan fingerprint density at radius 2 is 1.97 bits per heavy atom. The molecule has 31 heavy (non-hydrogen) atoms. The van der Waals surface area contributed by atoms with Crippen molar-refractivity contribution in [2.75, 3.05) is 27.4 Å². The molecule has 1 amide bonds. The molecule has 1 aromatic carbocycles. The van der Waals surface area contributed by atoms with Gasteiger partial charge in [-0.2, -0.15) is 0 Å². The molecular weight excluding hydrogens is 418 g/mol. The van der Waals surface area contributed by atoms with Crippen LogP contribution in [-0.4, -0.2) is 55.2 Å². The van der Waals surface area contributed by atoms with E-state index in [4.69, 9.17) is 14.2 Å². The smallest absolute Gasteiger partial charge is 0.295 e. The van der Waals surface area contributed by atoms with Crippen molar-refractivity contribution in [3.63, 3.8) is 0 Å². The number of aliphatic hydroxyl groups excluding tert-OH is 1. The summed E-state index contributed by atoms with van der Waals surface area (Å²) in [4.78, 5) is 28.2. The number of ketones is 1. The van der Waals surface area contributed by atoms with Gasteiger partial charge in [-0.25, -0.2) is 0 Å². The molecule has 1 saturated heterocycles. The van der Waals surface area contributed by atoms with Crippen LogP contribution in [0.15, 0.2) is 41.3 Å². The number of ether oxygens (including phenoxy) is 3. The minimum atomic E-state index is -0.717. The largest absolute Gasteiger partial charge is 0.507 e. The predicted molar refractivity (Wildman–Crippen MR) is 119 cm³/mol. The minimum absolute atomic E-state index is 0.0452. The van der Waals surface area contributed by atoms with Crippen LogP contribution in [0.2, 0.25) is 0 Å². The van der Waals surface area contributed by atoms with E-state index < -0.39 is 17.7 Å². The van der Waals surface area contributed by atoms with Crippen molar-refractivity contribution in [2.45, 2.75) is 32.4 Å². The van der Waals surface area contributed by atoms with Crippen molar-refractivity contribution >= 4 is 28.8 Å². The molecule has 1 aromatic heterocycles. The second-order valence-corrected chi connectivity index (χ2v) is 8.33. The lowest BCUT2D eigenvalue weighted by molar-refractivity contribution is -0.140. The van der Waals surface area contributed by atoms with Gasteiger partial charge in [0.05, 0.1) is 37.5 Å². The van der Waals surface area contributed by atoms with E-state index in [9.17, 15) is 14.7 Å². The first-order valence-electron chi connectivity index (χ1n) is 10.0. The first-order chi connectivity index (χ1) is 14.9. The number of likely N-dealkylation sites (tertiary alicyclic amines) is 1. The maximum atomic E-state index is 13.0. The maximum absolute atomic E-state index is 13.0. The number of hydrogen-bond donors (Lipinski definition) is 1. The fraction of sp³-hybridized carbons (Fsp3) is 0.391. The molecule has 1 aliphatic heterocycles. The Morgan fingerprint density at radius 1 is 1.19 bits per heavy atom. The highest BCUT2D eigenvalue weighted by Crippen LogP contribution is 2.42. The molecule has 1 N–H and O–H groups in total. The number of methoxy groups -OCH3 is 2. The van der Waals surface area contributed by atoms with Gasteiger partial charge in [0.1, 0.15) is 17.3 Å². The maximum Gasteiger partial charge on any atom is 0.295 e. The van der Waals surface area contributed by atoms with Crippen molar-refractivity contribution in [3.05, 3.63) is 51.7 Å². The molecule has 1 atom stereocenters. The Morgan fingerprint density at radius 3 is 2.58 bits per heavy atom. The molecule has 2 heterocycles. The van der Waals surface area contributed by atoms with Crippen LogP contribution in [-0.2, 0) is 14.3 Å². The summed E-state index contributed by atoms with van der Waals surface area (Å²) in [6, 6.07) is 7.97. The lowest BCUT2D eigenvalue weighted by Crippen LogP contribution is -2.31. The minimum Gasteiger partial charge on any atom is -0.507 e. The third kappa shape index (κ3) is 4.75. The van der Waals surface area contributed by atoms with Gasteiger partial charge < -0.3 is 24.2 Å². The Kier molecular flexibility index (Phi) is 7.35. The summed E-state index contributed by atoms with van der Waals surface area (Å²) >= 11 is 1.43. The predicted octanol–water partition coefficient (Wildman–Crippen LogP) is 4.00. The number of amides is 1. The first-order valence-corrected chi connectivity index (χ1v) is 10.9. The van der Waals surface area contributed by atoms with Gasteiger partial charge in [-0.15, -0.1) is 11.3 Å². The van der Waals surface area contributed by atoms with E-state index in [1.54, 1.807) is 18.2 Å². The Labute approximate surface area is 185 Å². The van der Waals surface area contributed by atoms with Crippen LogP contribution in [0.4, 0.5) is 0 Å². The lowest BCUT2D eigenvalue weighted by atomic mass is 9.99. The van der Waals surface area contributed by atoms with E-state index in [-0.39, 0.29) is 17.4 Å². The SMILES string of the molecule is COc1ccc(OC)c(/C(O)=C2/C(=O)C(=O)N(CCCOC(C)C)C2c2cccs2)c1. The Bertz CT molecular complexity index is 966. The first kappa shape index (κ1) is 22.8. The summed E-state index contributed by atoms with van der Waals surface area (Å²) in [6.45, 7) is 4.70. The number of benzene rings is 1. The molecule has 2 aromatic rings. The van der Waals surface area contributed by atoms with E-state index in [1.807, 2.05) is 31.4 Å². The third-order valence-corrected chi connectivity index (χ3v) is 5.93. The number of thiophene rings is 1. The lowest BCUT2D eigenvalue weighted by Gasteiger charge is -2.24. The summed E-state index contributed by atoms with van der Waals surface area (Å²) in [5.41, 5.74) is 0.341. The van der Waals surface area contributed by atoms with Gasteiger partial charge in [0.25, 0.3) is 11.7 Å². The van der Waals surface area contributed by atoms with Crippen molar-refractivity contribution < 1.29 is 28.9 Å². The van der Waals surface area contributed by atoms with Crippen molar-refractivity contribution in [1.82, 2.24) is 4.90 Å². The van der Waals surface area contributed by atoms with Crippen LogP contribution < -0.4 is 9.47 Å². The molecular formula is C23H27NO6S. The number of hydrogen-bond acceptors (Lipinski definition) is 7. The van der Waals surface area contributed by atoms with Crippen LogP contribution >= 0.6 is 11.3 Å². The highest BCUT2D eigenvalue weighted by molar-refractivity contribution is 7.10. The summed E-state index contributed by atoms with van der Waals surface area (Å²) in [5, 5.41) is 13.1. The molecule has 0 radical (unpaired) electrons. The summed E-state index contributed by atoms with van der Waals surface area (Å²) in [5.74, 6) is -0.764. The Balaban J connectivity index is 2.05. The third-order valence-electron chi connectivity index (χ3n) is 5.01. The van der Waals surface area contributed by atoms with E-state index in [0.717, 1.165) is 4.88 Å². The van der Waals surface area contributed by atoms with Crippen LogP contribution in [0.1, 0.15) is 36.8 Å². The van der Waals surface area contributed by atoms with Gasteiger partial charge >= 0.3 is 0 Å². The molecule has 166 valence electrons. The number of rotatable bonds is 9. The monoisotopic (exact) mass is 445 g/mol. The topological polar surface area (TPSA) is 85.3 Å². The number of aliphatic hydroxyl groups is 1. The second kappa shape index (κ2) is 9.98. The summed E-state index contributed by atoms with van der Waals surface area (Å²) in [6.07, 6.45) is 0.666. The van der Waals surface area contributed by atoms with Gasteiger partial charge in [0.15, 0.2) is 0 Å². The van der Waals surface area contributed by atoms with Gasteiger partial charge in [-0.05, 0) is 49.9 Å². The van der Waals surface area contributed by atoms with Crippen molar-refractivity contribution in [1.29, 1.82) is 0 Å². The number of nitrogens with zero attached hydrogens (tertiary/aromatic N) is 1. The second-order valence-electron chi connectivity index (χ2n) is 7.35. The summed E-state index contributed by atoms with van der Waals surface area (Å²) < 4.78 is 16.2. The average molecular weight is 446 g/mol. The normalized spacial score (nSPS) is 18.1. The summed E-state index contributed by atoms with van der Waals surface area (Å²) in [7, 11) is 2.98. The van der Waals surface area contributed by atoms with E-state index in [0.29, 0.717) is 36.6 Å². The molecule has 3 rings (SSSR count).